The van der Waals surface area contributed by atoms with E-state index in [-0.39, 0.29) is 0 Å². The molecular weight excluding hydrogens is 248 g/mol. The fraction of sp³-hybridized carbons (Fsp3) is 0.417. The van der Waals surface area contributed by atoms with Gasteiger partial charge >= 0.3 is 0 Å². The van der Waals surface area contributed by atoms with Gasteiger partial charge in [0, 0.05) is 24.0 Å². The molecule has 18 heavy (non-hydrogen) atoms. The van der Waals surface area contributed by atoms with E-state index >= 15 is 0 Å². The molecule has 0 fully saturated rings. The van der Waals surface area contributed by atoms with Crippen LogP contribution in [0.5, 0.6) is 5.88 Å². The van der Waals surface area contributed by atoms with Gasteiger partial charge < -0.3 is 10.1 Å². The minimum absolute atomic E-state index is 0.453. The van der Waals surface area contributed by atoms with Crippen molar-refractivity contribution in [2.24, 2.45) is 0 Å². The first-order valence-electron chi connectivity index (χ1n) is 5.73. The summed E-state index contributed by atoms with van der Waals surface area (Å²) in [4.78, 5) is 12.7. The Labute approximate surface area is 110 Å². The average molecular weight is 264 g/mol. The summed E-state index contributed by atoms with van der Waals surface area (Å²) in [5, 5.41) is 6.26. The van der Waals surface area contributed by atoms with E-state index < -0.39 is 0 Å². The fourth-order valence-electron chi connectivity index (χ4n) is 1.38. The van der Waals surface area contributed by atoms with Gasteiger partial charge in [0.2, 0.25) is 5.88 Å². The average Bonchev–Trinajstić information content (AvgIpc) is 2.85. The van der Waals surface area contributed by atoms with E-state index in [1.54, 1.807) is 24.5 Å². The van der Waals surface area contributed by atoms with Crippen LogP contribution in [-0.4, -0.2) is 28.1 Å². The predicted octanol–water partition coefficient (Wildman–Crippen LogP) is 2.11. The Bertz CT molecular complexity index is 512. The molecule has 0 unspecified atom stereocenters. The molecule has 2 aromatic heterocycles. The zero-order valence-electron chi connectivity index (χ0n) is 10.7. The molecule has 1 N–H and O–H groups in total. The number of aromatic nitrogens is 3. The summed E-state index contributed by atoms with van der Waals surface area (Å²) in [6.07, 6.45) is 1.49. The lowest BCUT2D eigenvalue weighted by Crippen LogP contribution is -2.21. The number of hydrogen-bond acceptors (Lipinski definition) is 6. The van der Waals surface area contributed by atoms with Gasteiger partial charge in [-0.1, -0.05) is 13.8 Å². The highest BCUT2D eigenvalue weighted by atomic mass is 32.1. The number of nitrogens with one attached hydrogen (secondary N) is 1. The molecule has 96 valence electrons. The van der Waals surface area contributed by atoms with Crippen LogP contribution in [0.25, 0.3) is 10.7 Å². The van der Waals surface area contributed by atoms with Crippen LogP contribution in [0, 0.1) is 0 Å². The first-order chi connectivity index (χ1) is 8.69. The SMILES string of the molecule is COc1cc(-c2nc(CNC(C)C)cs2)ncn1. The minimum atomic E-state index is 0.453. The quantitative estimate of drug-likeness (QED) is 0.896. The Balaban J connectivity index is 2.13. The zero-order valence-corrected chi connectivity index (χ0v) is 11.5. The molecule has 0 saturated carbocycles. The lowest BCUT2D eigenvalue weighted by molar-refractivity contribution is 0.397. The zero-order chi connectivity index (χ0) is 13.0. The predicted molar refractivity (Wildman–Crippen MR) is 71.7 cm³/mol. The lowest BCUT2D eigenvalue weighted by Gasteiger charge is -2.04. The number of rotatable bonds is 5. The molecule has 0 bridgehead atoms. The van der Waals surface area contributed by atoms with Gasteiger partial charge in [0.15, 0.2) is 0 Å². The molecule has 0 aliphatic carbocycles. The minimum Gasteiger partial charge on any atom is -0.481 e. The van der Waals surface area contributed by atoms with Crippen molar-refractivity contribution < 1.29 is 4.74 Å². The molecule has 2 heterocycles. The second-order valence-electron chi connectivity index (χ2n) is 4.13. The highest BCUT2D eigenvalue weighted by molar-refractivity contribution is 7.13. The first kappa shape index (κ1) is 12.9. The van der Waals surface area contributed by atoms with E-state index in [1.165, 1.54) is 6.33 Å². The first-order valence-corrected chi connectivity index (χ1v) is 6.61. The van der Waals surface area contributed by atoms with E-state index in [1.807, 2.05) is 5.38 Å². The monoisotopic (exact) mass is 264 g/mol. The molecule has 0 amide bonds. The highest BCUT2D eigenvalue weighted by Gasteiger charge is 2.07. The maximum Gasteiger partial charge on any atom is 0.216 e. The van der Waals surface area contributed by atoms with Crippen molar-refractivity contribution in [3.63, 3.8) is 0 Å². The van der Waals surface area contributed by atoms with E-state index in [0.29, 0.717) is 11.9 Å². The summed E-state index contributed by atoms with van der Waals surface area (Å²) in [5.74, 6) is 0.553. The van der Waals surface area contributed by atoms with Crippen molar-refractivity contribution in [1.29, 1.82) is 0 Å². The molecule has 2 aromatic rings. The van der Waals surface area contributed by atoms with Crippen molar-refractivity contribution in [3.8, 4) is 16.6 Å². The normalized spacial score (nSPS) is 10.9. The Morgan fingerprint density at radius 1 is 1.39 bits per heavy atom. The highest BCUT2D eigenvalue weighted by Crippen LogP contribution is 2.23. The van der Waals surface area contributed by atoms with Gasteiger partial charge in [-0.15, -0.1) is 11.3 Å². The van der Waals surface area contributed by atoms with E-state index in [9.17, 15) is 0 Å². The Morgan fingerprint density at radius 2 is 2.22 bits per heavy atom. The molecule has 0 aliphatic heterocycles. The summed E-state index contributed by atoms with van der Waals surface area (Å²) in [6.45, 7) is 5.00. The second kappa shape index (κ2) is 5.88. The maximum atomic E-state index is 5.08. The van der Waals surface area contributed by atoms with Crippen LogP contribution in [-0.2, 0) is 6.54 Å². The summed E-state index contributed by atoms with van der Waals surface area (Å²) < 4.78 is 5.08. The van der Waals surface area contributed by atoms with Crippen molar-refractivity contribution >= 4 is 11.3 Å². The van der Waals surface area contributed by atoms with Gasteiger partial charge in [0.1, 0.15) is 17.0 Å². The molecule has 6 heteroatoms. The molecule has 0 radical (unpaired) electrons. The number of thiazole rings is 1. The van der Waals surface area contributed by atoms with Crippen molar-refractivity contribution in [1.82, 2.24) is 20.3 Å². The van der Waals surface area contributed by atoms with E-state index in [0.717, 1.165) is 22.9 Å². The standard InChI is InChI=1S/C12H16N4OS/c1-8(2)13-5-9-6-18-12(16-9)10-4-11(17-3)15-7-14-10/h4,6-8,13H,5H2,1-3H3. The van der Waals surface area contributed by atoms with Gasteiger partial charge in [0.05, 0.1) is 12.8 Å². The number of nitrogens with zero attached hydrogens (tertiary/aromatic N) is 3. The third kappa shape index (κ3) is 3.24. The molecule has 0 aromatic carbocycles. The summed E-state index contributed by atoms with van der Waals surface area (Å²) in [5.41, 5.74) is 1.82. The molecular formula is C12H16N4OS. The fourth-order valence-corrected chi connectivity index (χ4v) is 2.17. The van der Waals surface area contributed by atoms with Crippen LogP contribution in [0.15, 0.2) is 17.8 Å². The van der Waals surface area contributed by atoms with Crippen LogP contribution >= 0.6 is 11.3 Å². The van der Waals surface area contributed by atoms with E-state index in [4.69, 9.17) is 4.74 Å². The molecule has 0 saturated heterocycles. The Hall–Kier alpha value is -1.53. The Morgan fingerprint density at radius 3 is 2.94 bits per heavy atom. The summed E-state index contributed by atoms with van der Waals surface area (Å²) in [6, 6.07) is 2.24. The van der Waals surface area contributed by atoms with Crippen molar-refractivity contribution in [3.05, 3.63) is 23.5 Å². The van der Waals surface area contributed by atoms with Gasteiger partial charge in [-0.2, -0.15) is 0 Å². The van der Waals surface area contributed by atoms with Crippen molar-refractivity contribution in [2.45, 2.75) is 26.4 Å². The van der Waals surface area contributed by atoms with Crippen LogP contribution in [0.1, 0.15) is 19.5 Å². The molecule has 5 nitrogen and oxygen atoms in total. The third-order valence-electron chi connectivity index (χ3n) is 2.31. The second-order valence-corrected chi connectivity index (χ2v) is 4.98. The van der Waals surface area contributed by atoms with Gasteiger partial charge in [-0.05, 0) is 0 Å². The van der Waals surface area contributed by atoms with Gasteiger partial charge in [0.25, 0.3) is 0 Å². The molecule has 0 atom stereocenters. The lowest BCUT2D eigenvalue weighted by atomic mass is 10.3. The number of ether oxygens (including phenoxy) is 1. The van der Waals surface area contributed by atoms with Crippen LogP contribution in [0.2, 0.25) is 0 Å². The van der Waals surface area contributed by atoms with E-state index in [2.05, 4.69) is 34.1 Å². The molecule has 0 aliphatic rings. The van der Waals surface area contributed by atoms with Crippen molar-refractivity contribution in [2.75, 3.05) is 7.11 Å². The smallest absolute Gasteiger partial charge is 0.216 e. The summed E-state index contributed by atoms with van der Waals surface area (Å²) >= 11 is 1.58. The van der Waals surface area contributed by atoms with Gasteiger partial charge in [-0.3, -0.25) is 0 Å². The number of hydrogen-bond donors (Lipinski definition) is 1. The Kier molecular flexibility index (Phi) is 4.22. The topological polar surface area (TPSA) is 59.9 Å². The van der Waals surface area contributed by atoms with Crippen LogP contribution in [0.3, 0.4) is 0 Å². The largest absolute Gasteiger partial charge is 0.481 e. The molecule has 0 spiro atoms. The number of methoxy groups -OCH3 is 1. The molecule has 2 rings (SSSR count). The maximum absolute atomic E-state index is 5.08. The van der Waals surface area contributed by atoms with Gasteiger partial charge in [-0.25, -0.2) is 15.0 Å². The summed E-state index contributed by atoms with van der Waals surface area (Å²) in [7, 11) is 1.59. The van der Waals surface area contributed by atoms with Crippen LogP contribution < -0.4 is 10.1 Å². The third-order valence-corrected chi connectivity index (χ3v) is 3.23. The van der Waals surface area contributed by atoms with Crippen LogP contribution in [0.4, 0.5) is 0 Å².